The number of aromatic nitrogens is 1. The Morgan fingerprint density at radius 1 is 1.53 bits per heavy atom. The van der Waals surface area contributed by atoms with E-state index in [2.05, 4.69) is 15.3 Å². The average Bonchev–Trinajstić information content (AvgIpc) is 2.74. The van der Waals surface area contributed by atoms with E-state index in [0.717, 1.165) is 38.2 Å². The van der Waals surface area contributed by atoms with E-state index in [4.69, 9.17) is 16.3 Å². The molecule has 96 valence electrons. The molecule has 5 heteroatoms. The number of rotatable bonds is 5. The molecule has 1 aromatic heterocycles. The molecule has 0 N–H and O–H groups in total. The first kappa shape index (κ1) is 13.3. The van der Waals surface area contributed by atoms with Crippen LogP contribution in [0.5, 0.6) is 0 Å². The number of hydrogen-bond acceptors (Lipinski definition) is 4. The van der Waals surface area contributed by atoms with Gasteiger partial charge in [0.2, 0.25) is 0 Å². The van der Waals surface area contributed by atoms with E-state index in [0.29, 0.717) is 18.6 Å². The zero-order chi connectivity index (χ0) is 12.1. The van der Waals surface area contributed by atoms with Crippen LogP contribution in [0.2, 0.25) is 0 Å². The summed E-state index contributed by atoms with van der Waals surface area (Å²) in [6.45, 7) is 5.92. The second-order valence-electron chi connectivity index (χ2n) is 4.42. The minimum absolute atomic E-state index is 0.406. The molecule has 0 amide bonds. The van der Waals surface area contributed by atoms with Crippen molar-refractivity contribution in [1.29, 1.82) is 0 Å². The molecule has 1 aliphatic heterocycles. The maximum atomic E-state index is 5.66. The number of aryl methyl sites for hydroxylation is 1. The highest BCUT2D eigenvalue weighted by Crippen LogP contribution is 2.18. The summed E-state index contributed by atoms with van der Waals surface area (Å²) in [4.78, 5) is 6.96. The Balaban J connectivity index is 1.72. The van der Waals surface area contributed by atoms with Gasteiger partial charge in [-0.25, -0.2) is 4.98 Å². The van der Waals surface area contributed by atoms with E-state index in [1.807, 2.05) is 6.92 Å². The van der Waals surface area contributed by atoms with Crippen LogP contribution in [0.4, 0.5) is 0 Å². The number of hydrogen-bond donors (Lipinski definition) is 0. The molecule has 0 unspecified atom stereocenters. The first-order valence-electron chi connectivity index (χ1n) is 6.09. The normalized spacial score (nSPS) is 18.7. The molecule has 1 saturated heterocycles. The molecule has 1 aromatic rings. The lowest BCUT2D eigenvalue weighted by molar-refractivity contribution is 0.0134. The molecule has 0 spiro atoms. The van der Waals surface area contributed by atoms with Gasteiger partial charge in [0, 0.05) is 30.0 Å². The molecule has 0 atom stereocenters. The standard InChI is InChI=1S/C12H19ClN2OS/c1-10-9-17-12(14-10)8-15-5-2-11(3-6-15)16-7-4-13/h9,11H,2-8H2,1H3. The molecule has 3 nitrogen and oxygen atoms in total. The summed E-state index contributed by atoms with van der Waals surface area (Å²) in [5.74, 6) is 0.596. The maximum Gasteiger partial charge on any atom is 0.107 e. The number of thiazole rings is 1. The van der Waals surface area contributed by atoms with Crippen molar-refractivity contribution in [2.24, 2.45) is 0 Å². The summed E-state index contributed by atoms with van der Waals surface area (Å²) in [7, 11) is 0. The fraction of sp³-hybridized carbons (Fsp3) is 0.750. The first-order valence-corrected chi connectivity index (χ1v) is 7.50. The minimum atomic E-state index is 0.406. The smallest absolute Gasteiger partial charge is 0.107 e. The molecule has 2 heterocycles. The van der Waals surface area contributed by atoms with Gasteiger partial charge in [-0.2, -0.15) is 0 Å². The van der Waals surface area contributed by atoms with Gasteiger partial charge < -0.3 is 4.74 Å². The van der Waals surface area contributed by atoms with Gasteiger partial charge in [-0.15, -0.1) is 22.9 Å². The summed E-state index contributed by atoms with van der Waals surface area (Å²) in [6, 6.07) is 0. The van der Waals surface area contributed by atoms with Gasteiger partial charge in [0.15, 0.2) is 0 Å². The number of alkyl halides is 1. The van der Waals surface area contributed by atoms with E-state index in [-0.39, 0.29) is 0 Å². The van der Waals surface area contributed by atoms with Gasteiger partial charge in [-0.3, -0.25) is 4.90 Å². The number of halogens is 1. The Kier molecular flexibility index (Phi) is 5.22. The van der Waals surface area contributed by atoms with Gasteiger partial charge >= 0.3 is 0 Å². The molecule has 0 saturated carbocycles. The minimum Gasteiger partial charge on any atom is -0.377 e. The van der Waals surface area contributed by atoms with Crippen molar-refractivity contribution in [2.75, 3.05) is 25.6 Å². The largest absolute Gasteiger partial charge is 0.377 e. The van der Waals surface area contributed by atoms with Crippen LogP contribution in [-0.4, -0.2) is 41.6 Å². The van der Waals surface area contributed by atoms with Crippen molar-refractivity contribution >= 4 is 22.9 Å². The van der Waals surface area contributed by atoms with Crippen LogP contribution >= 0.6 is 22.9 Å². The lowest BCUT2D eigenvalue weighted by atomic mass is 10.1. The lowest BCUT2D eigenvalue weighted by Crippen LogP contribution is -2.36. The summed E-state index contributed by atoms with van der Waals surface area (Å²) in [5, 5.41) is 3.34. The first-order chi connectivity index (χ1) is 8.28. The molecule has 1 aliphatic rings. The predicted molar refractivity (Wildman–Crippen MR) is 71.8 cm³/mol. The molecular formula is C12H19ClN2OS. The summed E-state index contributed by atoms with van der Waals surface area (Å²) in [6.07, 6.45) is 2.63. The van der Waals surface area contributed by atoms with Gasteiger partial charge in [0.05, 0.1) is 19.3 Å². The van der Waals surface area contributed by atoms with Crippen LogP contribution in [0.1, 0.15) is 23.5 Å². The van der Waals surface area contributed by atoms with E-state index in [1.54, 1.807) is 11.3 Å². The quantitative estimate of drug-likeness (QED) is 0.772. The fourth-order valence-corrected chi connectivity index (χ4v) is 3.01. The van der Waals surface area contributed by atoms with Gasteiger partial charge in [0.1, 0.15) is 5.01 Å². The van der Waals surface area contributed by atoms with E-state index < -0.39 is 0 Å². The highest BCUT2D eigenvalue weighted by Gasteiger charge is 2.20. The molecule has 0 aromatic carbocycles. The Hall–Kier alpha value is -0.160. The summed E-state index contributed by atoms with van der Waals surface area (Å²) < 4.78 is 5.66. The van der Waals surface area contributed by atoms with Crippen molar-refractivity contribution in [3.63, 3.8) is 0 Å². The maximum absolute atomic E-state index is 5.66. The second-order valence-corrected chi connectivity index (χ2v) is 5.74. The Morgan fingerprint density at radius 2 is 2.29 bits per heavy atom. The molecular weight excluding hydrogens is 256 g/mol. The van der Waals surface area contributed by atoms with Gasteiger partial charge in [-0.1, -0.05) is 0 Å². The molecule has 0 radical (unpaired) electrons. The molecule has 2 rings (SSSR count). The van der Waals surface area contributed by atoms with Gasteiger partial charge in [0.25, 0.3) is 0 Å². The van der Waals surface area contributed by atoms with E-state index >= 15 is 0 Å². The number of ether oxygens (including phenoxy) is 1. The van der Waals surface area contributed by atoms with Crippen LogP contribution in [0.3, 0.4) is 0 Å². The van der Waals surface area contributed by atoms with Crippen molar-refractivity contribution in [3.05, 3.63) is 16.1 Å². The average molecular weight is 275 g/mol. The Labute approximate surface area is 112 Å². The van der Waals surface area contributed by atoms with Crippen molar-refractivity contribution in [2.45, 2.75) is 32.4 Å². The second kappa shape index (κ2) is 6.69. The topological polar surface area (TPSA) is 25.4 Å². The highest BCUT2D eigenvalue weighted by molar-refractivity contribution is 7.09. The van der Waals surface area contributed by atoms with E-state index in [9.17, 15) is 0 Å². The highest BCUT2D eigenvalue weighted by atomic mass is 35.5. The zero-order valence-electron chi connectivity index (χ0n) is 10.2. The third-order valence-corrected chi connectivity index (χ3v) is 4.10. The van der Waals surface area contributed by atoms with E-state index in [1.165, 1.54) is 5.01 Å². The fourth-order valence-electron chi connectivity index (χ4n) is 2.11. The van der Waals surface area contributed by atoms with Crippen molar-refractivity contribution in [1.82, 2.24) is 9.88 Å². The van der Waals surface area contributed by atoms with Crippen LogP contribution in [0, 0.1) is 6.92 Å². The van der Waals surface area contributed by atoms with Crippen LogP contribution < -0.4 is 0 Å². The number of likely N-dealkylation sites (tertiary alicyclic amines) is 1. The monoisotopic (exact) mass is 274 g/mol. The third kappa shape index (κ3) is 4.21. The Morgan fingerprint density at radius 3 is 2.88 bits per heavy atom. The Bertz CT molecular complexity index is 337. The van der Waals surface area contributed by atoms with Crippen molar-refractivity contribution in [3.8, 4) is 0 Å². The van der Waals surface area contributed by atoms with Crippen LogP contribution in [0.25, 0.3) is 0 Å². The number of nitrogens with zero attached hydrogens (tertiary/aromatic N) is 2. The van der Waals surface area contributed by atoms with Gasteiger partial charge in [-0.05, 0) is 19.8 Å². The molecule has 0 aliphatic carbocycles. The summed E-state index contributed by atoms with van der Waals surface area (Å²) in [5.41, 5.74) is 1.13. The zero-order valence-corrected chi connectivity index (χ0v) is 11.8. The third-order valence-electron chi connectivity index (χ3n) is 2.99. The van der Waals surface area contributed by atoms with Crippen LogP contribution in [-0.2, 0) is 11.3 Å². The van der Waals surface area contributed by atoms with Crippen molar-refractivity contribution < 1.29 is 4.74 Å². The molecule has 1 fully saturated rings. The number of piperidine rings is 1. The lowest BCUT2D eigenvalue weighted by Gasteiger charge is -2.31. The predicted octanol–water partition coefficient (Wildman–Crippen LogP) is 2.67. The SMILES string of the molecule is Cc1csc(CN2CCC(OCCCl)CC2)n1. The molecule has 0 bridgehead atoms. The molecule has 17 heavy (non-hydrogen) atoms. The summed E-state index contributed by atoms with van der Waals surface area (Å²) >= 11 is 7.37. The van der Waals surface area contributed by atoms with Crippen LogP contribution in [0.15, 0.2) is 5.38 Å².